The van der Waals surface area contributed by atoms with Gasteiger partial charge in [0.1, 0.15) is 0 Å². The molecular weight excluding hydrogens is 164 g/mol. The third-order valence-electron chi connectivity index (χ3n) is 1.55. The van der Waals surface area contributed by atoms with Crippen LogP contribution in [0.15, 0.2) is 6.07 Å². The fourth-order valence-corrected chi connectivity index (χ4v) is 1.95. The largest absolute Gasteiger partial charge is 0.476 e. The van der Waals surface area contributed by atoms with E-state index < -0.39 is 5.97 Å². The zero-order valence-corrected chi connectivity index (χ0v) is 6.47. The molecule has 2 heterocycles. The number of aromatic carboxylic acids is 1. The van der Waals surface area contributed by atoms with Crippen LogP contribution >= 0.6 is 11.8 Å². The molecule has 58 valence electrons. The van der Waals surface area contributed by atoms with E-state index in [2.05, 4.69) is 5.10 Å². The van der Waals surface area contributed by atoms with Crippen LogP contribution < -0.4 is 0 Å². The van der Waals surface area contributed by atoms with Gasteiger partial charge in [-0.3, -0.25) is 4.68 Å². The molecule has 0 radical (unpaired) electrons. The van der Waals surface area contributed by atoms with Gasteiger partial charge < -0.3 is 5.11 Å². The van der Waals surface area contributed by atoms with E-state index in [1.54, 1.807) is 22.5 Å². The first kappa shape index (κ1) is 6.72. The highest BCUT2D eigenvalue weighted by molar-refractivity contribution is 7.97. The lowest BCUT2D eigenvalue weighted by atomic mass is 10.4. The van der Waals surface area contributed by atoms with Crippen molar-refractivity contribution in [2.45, 2.75) is 11.6 Å². The minimum atomic E-state index is -0.947. The quantitative estimate of drug-likeness (QED) is 0.676. The van der Waals surface area contributed by atoms with Crippen LogP contribution in [0.4, 0.5) is 0 Å². The number of rotatable bonds is 1. The summed E-state index contributed by atoms with van der Waals surface area (Å²) < 4.78 is 1.73. The van der Waals surface area contributed by atoms with Crippen molar-refractivity contribution in [2.24, 2.45) is 0 Å². The summed E-state index contributed by atoms with van der Waals surface area (Å²) >= 11 is 1.74. The van der Waals surface area contributed by atoms with Crippen LogP contribution in [0.2, 0.25) is 0 Å². The molecule has 0 bridgehead atoms. The summed E-state index contributed by atoms with van der Waals surface area (Å²) in [5.41, 5.74) is 1.16. The Kier molecular flexibility index (Phi) is 1.38. The third-order valence-corrected chi connectivity index (χ3v) is 2.47. The highest BCUT2D eigenvalue weighted by Crippen LogP contribution is 2.23. The first-order valence-corrected chi connectivity index (χ1v) is 4.30. The highest BCUT2D eigenvalue weighted by atomic mass is 32.2. The summed E-state index contributed by atoms with van der Waals surface area (Å²) in [6.07, 6.45) is 0. The summed E-state index contributed by atoms with van der Waals surface area (Å²) in [6, 6.07) is 1.63. The van der Waals surface area contributed by atoms with E-state index in [-0.39, 0.29) is 5.69 Å². The van der Waals surface area contributed by atoms with Gasteiger partial charge in [0.15, 0.2) is 5.69 Å². The Morgan fingerprint density at radius 1 is 1.82 bits per heavy atom. The standard InChI is InChI=1S/C6H6N2O2S/c9-6(10)5-1-4-2-11-3-8(4)7-5/h1H,2-3H2,(H,9,10). The van der Waals surface area contributed by atoms with Crippen molar-refractivity contribution < 1.29 is 9.90 Å². The molecule has 0 aromatic carbocycles. The molecule has 0 fully saturated rings. The Labute approximate surface area is 67.2 Å². The molecular formula is C6H6N2O2S. The Balaban J connectivity index is 2.42. The van der Waals surface area contributed by atoms with E-state index in [0.29, 0.717) is 0 Å². The molecule has 1 aliphatic heterocycles. The van der Waals surface area contributed by atoms with Gasteiger partial charge in [-0.25, -0.2) is 4.79 Å². The predicted octanol–water partition coefficient (Wildman–Crippen LogP) is 0.786. The smallest absolute Gasteiger partial charge is 0.356 e. The van der Waals surface area contributed by atoms with E-state index in [1.807, 2.05) is 0 Å². The van der Waals surface area contributed by atoms with E-state index in [9.17, 15) is 4.79 Å². The molecule has 0 saturated heterocycles. The van der Waals surface area contributed by atoms with Gasteiger partial charge in [-0.15, -0.1) is 11.8 Å². The van der Waals surface area contributed by atoms with Crippen LogP contribution in [0.5, 0.6) is 0 Å². The number of carboxylic acid groups (broad SMARTS) is 1. The molecule has 0 unspecified atom stereocenters. The maximum atomic E-state index is 10.4. The zero-order valence-electron chi connectivity index (χ0n) is 5.65. The number of hydrogen-bond donors (Lipinski definition) is 1. The van der Waals surface area contributed by atoms with Crippen molar-refractivity contribution in [1.82, 2.24) is 9.78 Å². The summed E-state index contributed by atoms with van der Waals surface area (Å²) in [7, 11) is 0. The molecule has 2 rings (SSSR count). The predicted molar refractivity (Wildman–Crippen MR) is 40.5 cm³/mol. The van der Waals surface area contributed by atoms with Gasteiger partial charge in [0.05, 0.1) is 11.6 Å². The van der Waals surface area contributed by atoms with Crippen molar-refractivity contribution in [2.75, 3.05) is 0 Å². The highest BCUT2D eigenvalue weighted by Gasteiger charge is 2.16. The second kappa shape index (κ2) is 2.27. The molecule has 0 amide bonds. The monoisotopic (exact) mass is 170 g/mol. The Hall–Kier alpha value is -0.970. The minimum absolute atomic E-state index is 0.153. The van der Waals surface area contributed by atoms with Crippen molar-refractivity contribution in [3.8, 4) is 0 Å². The van der Waals surface area contributed by atoms with Crippen molar-refractivity contribution in [3.05, 3.63) is 17.5 Å². The zero-order chi connectivity index (χ0) is 7.84. The van der Waals surface area contributed by atoms with Crippen LogP contribution in [0.1, 0.15) is 16.2 Å². The van der Waals surface area contributed by atoms with Crippen LogP contribution in [-0.4, -0.2) is 20.9 Å². The van der Waals surface area contributed by atoms with Gasteiger partial charge in [0.25, 0.3) is 0 Å². The van der Waals surface area contributed by atoms with E-state index in [0.717, 1.165) is 17.3 Å². The number of carbonyl (C=O) groups is 1. The summed E-state index contributed by atoms with van der Waals surface area (Å²) in [4.78, 5) is 10.4. The van der Waals surface area contributed by atoms with Gasteiger partial charge >= 0.3 is 5.97 Å². The number of carboxylic acids is 1. The number of aromatic nitrogens is 2. The molecule has 11 heavy (non-hydrogen) atoms. The normalized spacial score (nSPS) is 14.9. The Bertz CT molecular complexity index is 286. The Morgan fingerprint density at radius 2 is 2.64 bits per heavy atom. The fourth-order valence-electron chi connectivity index (χ4n) is 1.02. The number of nitrogens with zero attached hydrogens (tertiary/aromatic N) is 2. The van der Waals surface area contributed by atoms with E-state index in [1.165, 1.54) is 0 Å². The average molecular weight is 170 g/mol. The summed E-state index contributed by atoms with van der Waals surface area (Å²) in [5, 5.41) is 12.4. The lowest BCUT2D eigenvalue weighted by Gasteiger charge is -1.88. The van der Waals surface area contributed by atoms with Crippen LogP contribution in [0.3, 0.4) is 0 Å². The molecule has 1 aromatic heterocycles. The van der Waals surface area contributed by atoms with Crippen LogP contribution in [0, 0.1) is 0 Å². The van der Waals surface area contributed by atoms with E-state index in [4.69, 9.17) is 5.11 Å². The van der Waals surface area contributed by atoms with Crippen LogP contribution in [-0.2, 0) is 11.6 Å². The molecule has 0 spiro atoms. The van der Waals surface area contributed by atoms with Gasteiger partial charge in [-0.2, -0.15) is 5.10 Å². The summed E-state index contributed by atoms with van der Waals surface area (Å²) in [5.74, 6) is 0.708. The van der Waals surface area contributed by atoms with Gasteiger partial charge in [-0.1, -0.05) is 0 Å². The lowest BCUT2D eigenvalue weighted by Crippen LogP contribution is -1.99. The first-order valence-electron chi connectivity index (χ1n) is 3.15. The topological polar surface area (TPSA) is 55.1 Å². The van der Waals surface area contributed by atoms with Crippen molar-refractivity contribution in [1.29, 1.82) is 0 Å². The van der Waals surface area contributed by atoms with Crippen molar-refractivity contribution in [3.63, 3.8) is 0 Å². The number of thioether (sulfide) groups is 1. The van der Waals surface area contributed by atoms with Crippen LogP contribution in [0.25, 0.3) is 0 Å². The molecule has 5 heteroatoms. The van der Waals surface area contributed by atoms with Gasteiger partial charge in [-0.05, 0) is 6.07 Å². The SMILES string of the molecule is O=C(O)c1cc2n(n1)CSC2. The fraction of sp³-hybridized carbons (Fsp3) is 0.333. The van der Waals surface area contributed by atoms with Crippen molar-refractivity contribution >= 4 is 17.7 Å². The second-order valence-corrected chi connectivity index (χ2v) is 3.26. The first-order chi connectivity index (χ1) is 5.27. The molecule has 0 atom stereocenters. The Morgan fingerprint density at radius 3 is 3.27 bits per heavy atom. The molecule has 1 aliphatic rings. The second-order valence-electron chi connectivity index (χ2n) is 2.30. The van der Waals surface area contributed by atoms with E-state index >= 15 is 0 Å². The maximum absolute atomic E-state index is 10.4. The molecule has 0 saturated carbocycles. The number of hydrogen-bond acceptors (Lipinski definition) is 3. The average Bonchev–Trinajstić information content (AvgIpc) is 2.40. The molecule has 1 N–H and O–H groups in total. The molecule has 0 aliphatic carbocycles. The molecule has 1 aromatic rings. The lowest BCUT2D eigenvalue weighted by molar-refractivity contribution is 0.0689. The molecule has 4 nitrogen and oxygen atoms in total. The summed E-state index contributed by atoms with van der Waals surface area (Å²) in [6.45, 7) is 0. The van der Waals surface area contributed by atoms with Gasteiger partial charge in [0.2, 0.25) is 0 Å². The number of fused-ring (bicyclic) bond motifs is 1. The minimum Gasteiger partial charge on any atom is -0.476 e. The third kappa shape index (κ3) is 1.01. The maximum Gasteiger partial charge on any atom is 0.356 e. The van der Waals surface area contributed by atoms with Gasteiger partial charge in [0, 0.05) is 5.75 Å².